The van der Waals surface area contributed by atoms with E-state index < -0.39 is 0 Å². The summed E-state index contributed by atoms with van der Waals surface area (Å²) in [6, 6.07) is 5.70. The van der Waals surface area contributed by atoms with Gasteiger partial charge in [-0.05, 0) is 51.3 Å². The fourth-order valence-electron chi connectivity index (χ4n) is 3.51. The van der Waals surface area contributed by atoms with Crippen LogP contribution >= 0.6 is 0 Å². The third kappa shape index (κ3) is 3.45. The molecule has 0 atom stereocenters. The molecule has 1 aliphatic rings. The van der Waals surface area contributed by atoms with Crippen LogP contribution in [0.2, 0.25) is 0 Å². The van der Waals surface area contributed by atoms with E-state index in [1.807, 2.05) is 39.0 Å². The van der Waals surface area contributed by atoms with Crippen LogP contribution in [0, 0.1) is 20.8 Å². The first-order valence-electron chi connectivity index (χ1n) is 9.41. The highest BCUT2D eigenvalue weighted by molar-refractivity contribution is 5.87. The monoisotopic (exact) mass is 377 g/mol. The molecule has 4 rings (SSSR count). The largest absolute Gasteiger partial charge is 0.356 e. The highest BCUT2D eigenvalue weighted by Crippen LogP contribution is 2.21. The first kappa shape index (κ1) is 18.1. The van der Waals surface area contributed by atoms with Crippen LogP contribution in [0.15, 0.2) is 34.3 Å². The summed E-state index contributed by atoms with van der Waals surface area (Å²) >= 11 is 0. The van der Waals surface area contributed by atoms with Crippen LogP contribution in [-0.2, 0) is 0 Å². The SMILES string of the molecule is Cc1cc(C)nc(NN=Cc2c(N3CCCC3)nc3c(C)cccn3c2=O)n1. The maximum atomic E-state index is 13.2. The normalized spacial score (nSPS) is 14.3. The van der Waals surface area contributed by atoms with Crippen molar-refractivity contribution in [3.05, 3.63) is 57.3 Å². The van der Waals surface area contributed by atoms with Crippen LogP contribution in [-0.4, -0.2) is 38.7 Å². The molecule has 0 aliphatic carbocycles. The van der Waals surface area contributed by atoms with E-state index in [-0.39, 0.29) is 5.56 Å². The summed E-state index contributed by atoms with van der Waals surface area (Å²) in [6.45, 7) is 7.54. The molecule has 0 aromatic carbocycles. The second-order valence-corrected chi connectivity index (χ2v) is 7.08. The lowest BCUT2D eigenvalue weighted by Gasteiger charge is -2.19. The van der Waals surface area contributed by atoms with Crippen LogP contribution in [0.1, 0.15) is 35.4 Å². The van der Waals surface area contributed by atoms with E-state index in [9.17, 15) is 4.79 Å². The summed E-state index contributed by atoms with van der Waals surface area (Å²) < 4.78 is 1.57. The number of anilines is 2. The van der Waals surface area contributed by atoms with Gasteiger partial charge in [-0.2, -0.15) is 5.10 Å². The van der Waals surface area contributed by atoms with Gasteiger partial charge in [0.1, 0.15) is 17.0 Å². The molecule has 144 valence electrons. The Bertz CT molecular complexity index is 1090. The first-order valence-corrected chi connectivity index (χ1v) is 9.41. The van der Waals surface area contributed by atoms with Gasteiger partial charge < -0.3 is 4.90 Å². The number of hydrogen-bond acceptors (Lipinski definition) is 7. The summed E-state index contributed by atoms with van der Waals surface area (Å²) in [7, 11) is 0. The van der Waals surface area contributed by atoms with Crippen molar-refractivity contribution in [2.45, 2.75) is 33.6 Å². The van der Waals surface area contributed by atoms with E-state index >= 15 is 0 Å². The number of rotatable bonds is 4. The topological polar surface area (TPSA) is 87.8 Å². The van der Waals surface area contributed by atoms with Gasteiger partial charge in [-0.1, -0.05) is 6.07 Å². The second-order valence-electron chi connectivity index (χ2n) is 7.08. The standard InChI is InChI=1S/C20H23N7O/c1-13-7-6-10-27-17(13)24-18(26-8-4-5-9-26)16(19(27)28)12-21-25-20-22-14(2)11-15(3)23-20/h6-7,10-12H,4-5,8-9H2,1-3H3,(H,22,23,25). The van der Waals surface area contributed by atoms with Crippen LogP contribution in [0.3, 0.4) is 0 Å². The van der Waals surface area contributed by atoms with Gasteiger partial charge in [0.2, 0.25) is 5.95 Å². The molecule has 0 bridgehead atoms. The van der Waals surface area contributed by atoms with Gasteiger partial charge in [0, 0.05) is 30.7 Å². The van der Waals surface area contributed by atoms with Crippen LogP contribution < -0.4 is 15.9 Å². The van der Waals surface area contributed by atoms with Crippen molar-refractivity contribution < 1.29 is 0 Å². The molecule has 0 saturated carbocycles. The maximum absolute atomic E-state index is 13.2. The van der Waals surface area contributed by atoms with E-state index in [2.05, 4.69) is 25.4 Å². The molecule has 4 heterocycles. The lowest BCUT2D eigenvalue weighted by molar-refractivity contribution is 0.913. The highest BCUT2D eigenvalue weighted by Gasteiger charge is 2.20. The van der Waals surface area contributed by atoms with Crippen molar-refractivity contribution in [2.75, 3.05) is 23.4 Å². The smallest absolute Gasteiger partial charge is 0.268 e. The zero-order valence-corrected chi connectivity index (χ0v) is 16.3. The predicted molar refractivity (Wildman–Crippen MR) is 110 cm³/mol. The van der Waals surface area contributed by atoms with Crippen LogP contribution in [0.25, 0.3) is 5.65 Å². The zero-order valence-electron chi connectivity index (χ0n) is 16.3. The molecule has 0 unspecified atom stereocenters. The van der Waals surface area contributed by atoms with Gasteiger partial charge in [-0.15, -0.1) is 0 Å². The Morgan fingerprint density at radius 1 is 1.11 bits per heavy atom. The third-order valence-corrected chi connectivity index (χ3v) is 4.81. The molecule has 28 heavy (non-hydrogen) atoms. The number of hydrogen-bond donors (Lipinski definition) is 1. The Labute approximate surface area is 163 Å². The molecule has 1 saturated heterocycles. The van der Waals surface area contributed by atoms with Crippen LogP contribution in [0.4, 0.5) is 11.8 Å². The van der Waals surface area contributed by atoms with Crippen molar-refractivity contribution in [1.29, 1.82) is 0 Å². The van der Waals surface area contributed by atoms with Gasteiger partial charge in [0.05, 0.1) is 6.21 Å². The fraction of sp³-hybridized carbons (Fsp3) is 0.350. The van der Waals surface area contributed by atoms with E-state index in [1.54, 1.807) is 10.6 Å². The summed E-state index contributed by atoms with van der Waals surface area (Å²) in [5, 5.41) is 4.24. The summed E-state index contributed by atoms with van der Waals surface area (Å²) in [6.07, 6.45) is 5.46. The van der Waals surface area contributed by atoms with Crippen molar-refractivity contribution in [3.63, 3.8) is 0 Å². The maximum Gasteiger partial charge on any atom is 0.268 e. The number of nitrogens with one attached hydrogen (secondary N) is 1. The van der Waals surface area contributed by atoms with Gasteiger partial charge in [0.15, 0.2) is 0 Å². The Balaban J connectivity index is 1.77. The summed E-state index contributed by atoms with van der Waals surface area (Å²) in [4.78, 5) is 28.7. The Kier molecular flexibility index (Phi) is 4.77. The number of hydrazone groups is 1. The van der Waals surface area contributed by atoms with Crippen molar-refractivity contribution in [2.24, 2.45) is 5.10 Å². The molecule has 0 amide bonds. The van der Waals surface area contributed by atoms with Crippen molar-refractivity contribution in [3.8, 4) is 0 Å². The van der Waals surface area contributed by atoms with Gasteiger partial charge >= 0.3 is 0 Å². The van der Waals surface area contributed by atoms with E-state index in [0.29, 0.717) is 23.0 Å². The van der Waals surface area contributed by atoms with E-state index in [4.69, 9.17) is 4.98 Å². The lowest BCUT2D eigenvalue weighted by Crippen LogP contribution is -2.28. The summed E-state index contributed by atoms with van der Waals surface area (Å²) in [5.41, 5.74) is 6.50. The first-order chi connectivity index (χ1) is 13.5. The molecule has 1 aliphatic heterocycles. The second kappa shape index (κ2) is 7.38. The molecule has 3 aromatic heterocycles. The van der Waals surface area contributed by atoms with Gasteiger partial charge in [-0.3, -0.25) is 9.20 Å². The minimum atomic E-state index is -0.137. The number of aryl methyl sites for hydroxylation is 3. The molecule has 8 heteroatoms. The van der Waals surface area contributed by atoms with Gasteiger partial charge in [0.25, 0.3) is 5.56 Å². The minimum absolute atomic E-state index is 0.137. The van der Waals surface area contributed by atoms with Gasteiger partial charge in [-0.25, -0.2) is 20.4 Å². The Hall–Kier alpha value is -3.29. The predicted octanol–water partition coefficient (Wildman–Crippen LogP) is 2.46. The minimum Gasteiger partial charge on any atom is -0.356 e. The Morgan fingerprint density at radius 3 is 2.54 bits per heavy atom. The number of fused-ring (bicyclic) bond motifs is 1. The van der Waals surface area contributed by atoms with Crippen LogP contribution in [0.5, 0.6) is 0 Å². The summed E-state index contributed by atoms with van der Waals surface area (Å²) in [5.74, 6) is 1.09. The molecule has 0 spiro atoms. The number of aromatic nitrogens is 4. The number of nitrogens with zero attached hydrogens (tertiary/aromatic N) is 6. The third-order valence-electron chi connectivity index (χ3n) is 4.81. The van der Waals surface area contributed by atoms with E-state index in [0.717, 1.165) is 42.9 Å². The average molecular weight is 377 g/mol. The molecular formula is C20H23N7O. The van der Waals surface area contributed by atoms with Crippen molar-refractivity contribution >= 4 is 23.6 Å². The average Bonchev–Trinajstić information content (AvgIpc) is 3.18. The molecule has 8 nitrogen and oxygen atoms in total. The molecule has 0 radical (unpaired) electrons. The van der Waals surface area contributed by atoms with E-state index in [1.165, 1.54) is 6.21 Å². The molecule has 1 fully saturated rings. The molecular weight excluding hydrogens is 354 g/mol. The fourth-order valence-corrected chi connectivity index (χ4v) is 3.51. The quantitative estimate of drug-likeness (QED) is 0.555. The molecule has 3 aromatic rings. The highest BCUT2D eigenvalue weighted by atomic mass is 16.1. The van der Waals surface area contributed by atoms with Crippen molar-refractivity contribution in [1.82, 2.24) is 19.4 Å². The lowest BCUT2D eigenvalue weighted by atomic mass is 10.2. The molecule has 1 N–H and O–H groups in total. The Morgan fingerprint density at radius 2 is 1.82 bits per heavy atom. The zero-order chi connectivity index (χ0) is 19.7. The number of pyridine rings is 1.